The van der Waals surface area contributed by atoms with Crippen molar-refractivity contribution in [1.82, 2.24) is 0 Å². The first-order chi connectivity index (χ1) is 10.3. The summed E-state index contributed by atoms with van der Waals surface area (Å²) in [6, 6.07) is 0. The van der Waals surface area contributed by atoms with Crippen LogP contribution in [0, 0.1) is 0 Å². The van der Waals surface area contributed by atoms with Gasteiger partial charge in [0.05, 0.1) is 12.2 Å². The molecule has 0 rings (SSSR count). The molecule has 0 saturated heterocycles. The lowest BCUT2D eigenvalue weighted by Crippen LogP contribution is -2.54. The first kappa shape index (κ1) is 21.7. The normalized spacial score (nSPS) is 21.7. The third-order valence-electron chi connectivity index (χ3n) is 3.68. The minimum atomic E-state index is -1.93. The third-order valence-corrected chi connectivity index (χ3v) is 3.68. The van der Waals surface area contributed by atoms with Crippen LogP contribution in [0.4, 0.5) is 0 Å². The van der Waals surface area contributed by atoms with E-state index in [0.717, 1.165) is 0 Å². The molecule has 0 bridgehead atoms. The van der Waals surface area contributed by atoms with Gasteiger partial charge in [-0.1, -0.05) is 13.3 Å². The van der Waals surface area contributed by atoms with Crippen LogP contribution in [-0.4, -0.2) is 90.2 Å². The number of rotatable bonds is 12. The van der Waals surface area contributed by atoms with Crippen molar-refractivity contribution in [2.24, 2.45) is 0 Å². The van der Waals surface area contributed by atoms with Crippen molar-refractivity contribution in [3.63, 3.8) is 0 Å². The molecule has 0 aromatic rings. The Morgan fingerprint density at radius 2 is 1.00 bits per heavy atom. The van der Waals surface area contributed by atoms with Gasteiger partial charge >= 0.3 is 0 Å². The molecule has 22 heavy (non-hydrogen) atoms. The van der Waals surface area contributed by atoms with Gasteiger partial charge in [-0.05, 0) is 25.7 Å². The molecule has 8 heteroatoms. The van der Waals surface area contributed by atoms with Crippen LogP contribution in [0.1, 0.15) is 39.0 Å². The Morgan fingerprint density at radius 1 is 0.591 bits per heavy atom. The SMILES string of the molecule is CCC[C@@H](O)[C@@H](O)[C@@H](O)[C@H](O)[C@H](O)[C@H](O)[C@H](O)CCCCO. The largest absolute Gasteiger partial charge is 0.396 e. The molecule has 0 spiro atoms. The standard InChI is InChI=1S/C14H30O8/c1-2-5-8(16)10(18)12(20)14(22)13(21)11(19)9(17)6-3-4-7-15/h8-22H,2-7H2,1H3/t8-,9-,10-,11-,12-,13-,14+/m1/s1. The zero-order valence-electron chi connectivity index (χ0n) is 12.9. The molecular weight excluding hydrogens is 296 g/mol. The number of hydrogen-bond acceptors (Lipinski definition) is 8. The summed E-state index contributed by atoms with van der Waals surface area (Å²) in [5, 5.41) is 76.6. The van der Waals surface area contributed by atoms with E-state index in [2.05, 4.69) is 0 Å². The molecule has 0 aliphatic carbocycles. The highest BCUT2D eigenvalue weighted by molar-refractivity contribution is 4.89. The second-order valence-corrected chi connectivity index (χ2v) is 5.60. The Labute approximate surface area is 130 Å². The highest BCUT2D eigenvalue weighted by Crippen LogP contribution is 2.16. The van der Waals surface area contributed by atoms with Crippen molar-refractivity contribution in [3.8, 4) is 0 Å². The van der Waals surface area contributed by atoms with Gasteiger partial charge in [0.25, 0.3) is 0 Å². The predicted molar refractivity (Wildman–Crippen MR) is 77.9 cm³/mol. The number of aliphatic hydroxyl groups excluding tert-OH is 8. The molecule has 8 nitrogen and oxygen atoms in total. The van der Waals surface area contributed by atoms with E-state index >= 15 is 0 Å². The molecule has 0 aliphatic heterocycles. The van der Waals surface area contributed by atoms with Crippen molar-refractivity contribution < 1.29 is 40.9 Å². The molecule has 0 heterocycles. The smallest absolute Gasteiger partial charge is 0.111 e. The Kier molecular flexibility index (Phi) is 11.1. The first-order valence-corrected chi connectivity index (χ1v) is 7.65. The van der Waals surface area contributed by atoms with Crippen molar-refractivity contribution in [3.05, 3.63) is 0 Å². The van der Waals surface area contributed by atoms with E-state index in [9.17, 15) is 35.7 Å². The van der Waals surface area contributed by atoms with Gasteiger partial charge in [0.15, 0.2) is 0 Å². The summed E-state index contributed by atoms with van der Waals surface area (Å²) in [6.45, 7) is 1.70. The molecule has 7 atom stereocenters. The molecule has 8 N–H and O–H groups in total. The van der Waals surface area contributed by atoms with Crippen LogP contribution in [0.3, 0.4) is 0 Å². The van der Waals surface area contributed by atoms with E-state index in [4.69, 9.17) is 5.11 Å². The molecular formula is C14H30O8. The van der Waals surface area contributed by atoms with Crippen molar-refractivity contribution in [2.75, 3.05) is 6.61 Å². The summed E-state index contributed by atoms with van der Waals surface area (Å²) in [7, 11) is 0. The minimum Gasteiger partial charge on any atom is -0.396 e. The van der Waals surface area contributed by atoms with Crippen LogP contribution < -0.4 is 0 Å². The van der Waals surface area contributed by atoms with Crippen LogP contribution in [0.5, 0.6) is 0 Å². The molecule has 0 radical (unpaired) electrons. The fraction of sp³-hybridized carbons (Fsp3) is 1.00. The van der Waals surface area contributed by atoms with Gasteiger partial charge in [-0.2, -0.15) is 0 Å². The Hall–Kier alpha value is -0.320. The maximum absolute atomic E-state index is 9.78. The van der Waals surface area contributed by atoms with E-state index in [1.54, 1.807) is 6.92 Å². The van der Waals surface area contributed by atoms with E-state index in [1.165, 1.54) is 0 Å². The van der Waals surface area contributed by atoms with Crippen LogP contribution in [-0.2, 0) is 0 Å². The van der Waals surface area contributed by atoms with E-state index in [1.807, 2.05) is 0 Å². The van der Waals surface area contributed by atoms with Gasteiger partial charge in [-0.15, -0.1) is 0 Å². The third kappa shape index (κ3) is 6.84. The summed E-state index contributed by atoms with van der Waals surface area (Å²) < 4.78 is 0. The summed E-state index contributed by atoms with van der Waals surface area (Å²) in [5.74, 6) is 0. The van der Waals surface area contributed by atoms with E-state index < -0.39 is 42.7 Å². The highest BCUT2D eigenvalue weighted by atomic mass is 16.4. The van der Waals surface area contributed by atoms with Crippen LogP contribution in [0.25, 0.3) is 0 Å². The Balaban J connectivity index is 4.51. The zero-order valence-corrected chi connectivity index (χ0v) is 12.9. The maximum atomic E-state index is 9.78. The Morgan fingerprint density at radius 3 is 1.41 bits per heavy atom. The average Bonchev–Trinajstić information content (AvgIpc) is 2.51. The molecule has 134 valence electrons. The predicted octanol–water partition coefficient (Wildman–Crippen LogP) is -2.52. The second kappa shape index (κ2) is 11.3. The van der Waals surface area contributed by atoms with Crippen molar-refractivity contribution >= 4 is 0 Å². The second-order valence-electron chi connectivity index (χ2n) is 5.60. The van der Waals surface area contributed by atoms with Crippen molar-refractivity contribution in [2.45, 2.75) is 81.8 Å². The lowest BCUT2D eigenvalue weighted by atomic mass is 9.92. The van der Waals surface area contributed by atoms with Gasteiger partial charge in [0.1, 0.15) is 30.5 Å². The molecule has 0 aliphatic rings. The number of aliphatic hydroxyl groups is 8. The molecule has 0 unspecified atom stereocenters. The van der Waals surface area contributed by atoms with Crippen molar-refractivity contribution in [1.29, 1.82) is 0 Å². The van der Waals surface area contributed by atoms with Gasteiger partial charge in [-0.25, -0.2) is 0 Å². The van der Waals surface area contributed by atoms with Crippen LogP contribution in [0.2, 0.25) is 0 Å². The number of hydrogen-bond donors (Lipinski definition) is 8. The molecule has 0 fully saturated rings. The molecule has 0 saturated carbocycles. The topological polar surface area (TPSA) is 162 Å². The quantitative estimate of drug-likeness (QED) is 0.182. The van der Waals surface area contributed by atoms with Crippen LogP contribution >= 0.6 is 0 Å². The summed E-state index contributed by atoms with van der Waals surface area (Å²) in [5.41, 5.74) is 0. The lowest BCUT2D eigenvalue weighted by molar-refractivity contribution is -0.167. The van der Waals surface area contributed by atoms with Gasteiger partial charge < -0.3 is 40.9 Å². The van der Waals surface area contributed by atoms with Gasteiger partial charge in [0, 0.05) is 6.61 Å². The first-order valence-electron chi connectivity index (χ1n) is 7.65. The summed E-state index contributed by atoms with van der Waals surface area (Å²) >= 11 is 0. The highest BCUT2D eigenvalue weighted by Gasteiger charge is 2.38. The van der Waals surface area contributed by atoms with E-state index in [-0.39, 0.29) is 19.4 Å². The molecule has 0 amide bonds. The number of unbranched alkanes of at least 4 members (excludes halogenated alkanes) is 1. The fourth-order valence-corrected chi connectivity index (χ4v) is 2.16. The average molecular weight is 326 g/mol. The summed E-state index contributed by atoms with van der Waals surface area (Å²) in [4.78, 5) is 0. The van der Waals surface area contributed by atoms with Crippen LogP contribution in [0.15, 0.2) is 0 Å². The lowest BCUT2D eigenvalue weighted by Gasteiger charge is -2.32. The van der Waals surface area contributed by atoms with E-state index in [0.29, 0.717) is 19.3 Å². The van der Waals surface area contributed by atoms with Gasteiger partial charge in [-0.3, -0.25) is 0 Å². The fourth-order valence-electron chi connectivity index (χ4n) is 2.16. The molecule has 0 aromatic heterocycles. The summed E-state index contributed by atoms with van der Waals surface area (Å²) in [6.07, 6.45) is -10.0. The minimum absolute atomic E-state index is 0.0613. The van der Waals surface area contributed by atoms with Gasteiger partial charge in [0.2, 0.25) is 0 Å². The Bertz CT molecular complexity index is 278. The zero-order chi connectivity index (χ0) is 17.3. The molecule has 0 aromatic carbocycles. The maximum Gasteiger partial charge on any atom is 0.111 e. The monoisotopic (exact) mass is 326 g/mol.